The van der Waals surface area contributed by atoms with Crippen molar-refractivity contribution in [2.75, 3.05) is 13.7 Å². The van der Waals surface area contributed by atoms with E-state index in [1.807, 2.05) is 0 Å². The van der Waals surface area contributed by atoms with E-state index in [1.54, 1.807) is 0 Å². The average Bonchev–Trinajstić information content (AvgIpc) is 1.67. The first-order chi connectivity index (χ1) is 3.68. The predicted molar refractivity (Wildman–Crippen MR) is 29.2 cm³/mol. The minimum Gasteiger partial charge on any atom is -0.480 e. The molecule has 0 bridgehead atoms. The molecule has 0 spiro atoms. The molecule has 0 aromatic rings. The molecule has 0 amide bonds. The first kappa shape index (κ1) is 7.72. The second kappa shape index (κ2) is 3.69. The van der Waals surface area contributed by atoms with E-state index in [-0.39, 0.29) is 6.61 Å². The van der Waals surface area contributed by atoms with Crippen molar-refractivity contribution in [3.8, 4) is 0 Å². The Hall–Kier alpha value is -0.280. The molecular formula is C4H7ClO3. The Morgan fingerprint density at radius 2 is 2.50 bits per heavy atom. The van der Waals surface area contributed by atoms with Crippen molar-refractivity contribution in [3.63, 3.8) is 0 Å². The molecule has 0 unspecified atom stereocenters. The minimum atomic E-state index is -1.05. The third-order valence-electron chi connectivity index (χ3n) is 0.581. The van der Waals surface area contributed by atoms with E-state index >= 15 is 0 Å². The number of halogens is 1. The fourth-order valence-corrected chi connectivity index (χ4v) is 0.344. The molecule has 0 radical (unpaired) electrons. The number of carbonyl (C=O) groups is 1. The number of carboxylic acids is 1. The predicted octanol–water partition coefficient (Wildman–Crippen LogP) is 0.325. The second-order valence-corrected chi connectivity index (χ2v) is 1.79. The van der Waals surface area contributed by atoms with Crippen molar-refractivity contribution in [1.82, 2.24) is 0 Å². The van der Waals surface area contributed by atoms with Crippen molar-refractivity contribution < 1.29 is 14.6 Å². The minimum absolute atomic E-state index is 0.0525. The Labute approximate surface area is 52.2 Å². The second-order valence-electron chi connectivity index (χ2n) is 1.26. The maximum atomic E-state index is 9.88. The quantitative estimate of drug-likeness (QED) is 0.572. The van der Waals surface area contributed by atoms with Gasteiger partial charge in [-0.3, -0.25) is 4.79 Å². The Morgan fingerprint density at radius 1 is 2.00 bits per heavy atom. The molecule has 0 saturated heterocycles. The summed E-state index contributed by atoms with van der Waals surface area (Å²) in [5.41, 5.74) is 0. The Morgan fingerprint density at radius 3 is 2.62 bits per heavy atom. The van der Waals surface area contributed by atoms with Crippen LogP contribution in [0.1, 0.15) is 0 Å². The van der Waals surface area contributed by atoms with E-state index in [2.05, 4.69) is 4.74 Å². The lowest BCUT2D eigenvalue weighted by Crippen LogP contribution is -2.18. The molecule has 4 heteroatoms. The number of hydrogen-bond donors (Lipinski definition) is 1. The average molecular weight is 139 g/mol. The Kier molecular flexibility index (Phi) is 3.56. The molecule has 1 N–H and O–H groups in total. The number of carboxylic acid groups (broad SMARTS) is 1. The largest absolute Gasteiger partial charge is 0.480 e. The number of aliphatic carboxylic acids is 1. The summed E-state index contributed by atoms with van der Waals surface area (Å²) in [7, 11) is 1.40. The highest BCUT2D eigenvalue weighted by Gasteiger charge is 2.11. The fraction of sp³-hybridized carbons (Fsp3) is 0.750. The molecule has 0 aliphatic carbocycles. The molecule has 0 heterocycles. The molecule has 0 aliphatic heterocycles. The van der Waals surface area contributed by atoms with Gasteiger partial charge in [0.2, 0.25) is 0 Å². The standard InChI is InChI=1S/C4H7ClO3/c1-8-2-3(5)4(6)7/h3H,2H2,1H3,(H,6,7)/t3-/m0/s1. The van der Waals surface area contributed by atoms with Gasteiger partial charge < -0.3 is 9.84 Å². The summed E-state index contributed by atoms with van der Waals surface area (Å²) in [6.07, 6.45) is 0. The van der Waals surface area contributed by atoms with Crippen LogP contribution in [0, 0.1) is 0 Å². The Bertz CT molecular complexity index is 83.4. The number of methoxy groups -OCH3 is 1. The van der Waals surface area contributed by atoms with Gasteiger partial charge in [-0.2, -0.15) is 0 Å². The highest BCUT2D eigenvalue weighted by atomic mass is 35.5. The Balaban J connectivity index is 3.32. The summed E-state index contributed by atoms with van der Waals surface area (Å²) in [4.78, 5) is 9.88. The number of ether oxygens (including phenoxy) is 1. The van der Waals surface area contributed by atoms with Crippen LogP contribution in [-0.2, 0) is 9.53 Å². The SMILES string of the molecule is COC[C@H](Cl)C(=O)O. The van der Waals surface area contributed by atoms with Gasteiger partial charge in [0, 0.05) is 7.11 Å². The molecule has 0 aromatic carbocycles. The maximum absolute atomic E-state index is 9.88. The summed E-state index contributed by atoms with van der Waals surface area (Å²) >= 11 is 5.19. The van der Waals surface area contributed by atoms with Gasteiger partial charge in [-0.15, -0.1) is 11.6 Å². The lowest BCUT2D eigenvalue weighted by molar-refractivity contribution is -0.137. The topological polar surface area (TPSA) is 46.5 Å². The van der Waals surface area contributed by atoms with Gasteiger partial charge in [-0.05, 0) is 0 Å². The van der Waals surface area contributed by atoms with Gasteiger partial charge in [0.1, 0.15) is 0 Å². The van der Waals surface area contributed by atoms with Gasteiger partial charge in [0.15, 0.2) is 5.38 Å². The molecule has 0 rings (SSSR count). The zero-order chi connectivity index (χ0) is 6.57. The molecule has 0 fully saturated rings. The third-order valence-corrected chi connectivity index (χ3v) is 0.894. The number of alkyl halides is 1. The molecular weight excluding hydrogens is 131 g/mol. The molecule has 0 aliphatic rings. The number of rotatable bonds is 3. The van der Waals surface area contributed by atoms with E-state index in [0.717, 1.165) is 0 Å². The summed E-state index contributed by atoms with van der Waals surface area (Å²) < 4.78 is 4.45. The zero-order valence-corrected chi connectivity index (χ0v) is 5.18. The van der Waals surface area contributed by atoms with E-state index in [0.29, 0.717) is 0 Å². The third kappa shape index (κ3) is 2.82. The van der Waals surface area contributed by atoms with Crippen molar-refractivity contribution >= 4 is 17.6 Å². The summed E-state index contributed by atoms with van der Waals surface area (Å²) in [6.45, 7) is 0.0525. The van der Waals surface area contributed by atoms with Gasteiger partial charge in [-0.25, -0.2) is 0 Å². The van der Waals surface area contributed by atoms with E-state index in [9.17, 15) is 4.79 Å². The van der Waals surface area contributed by atoms with Gasteiger partial charge in [0.25, 0.3) is 0 Å². The number of hydrogen-bond acceptors (Lipinski definition) is 2. The van der Waals surface area contributed by atoms with Crippen molar-refractivity contribution in [1.29, 1.82) is 0 Å². The van der Waals surface area contributed by atoms with Crippen molar-refractivity contribution in [2.24, 2.45) is 0 Å². The highest BCUT2D eigenvalue weighted by molar-refractivity contribution is 6.29. The summed E-state index contributed by atoms with van der Waals surface area (Å²) in [6, 6.07) is 0. The smallest absolute Gasteiger partial charge is 0.324 e. The van der Waals surface area contributed by atoms with Crippen LogP contribution >= 0.6 is 11.6 Å². The summed E-state index contributed by atoms with van der Waals surface area (Å²) in [5.74, 6) is -1.05. The van der Waals surface area contributed by atoms with Crippen molar-refractivity contribution in [3.05, 3.63) is 0 Å². The summed E-state index contributed by atoms with van der Waals surface area (Å²) in [5, 5.41) is 7.18. The van der Waals surface area contributed by atoms with Crippen LogP contribution in [0.4, 0.5) is 0 Å². The molecule has 3 nitrogen and oxygen atoms in total. The van der Waals surface area contributed by atoms with Gasteiger partial charge >= 0.3 is 5.97 Å². The van der Waals surface area contributed by atoms with E-state index in [1.165, 1.54) is 7.11 Å². The van der Waals surface area contributed by atoms with Crippen LogP contribution in [-0.4, -0.2) is 30.2 Å². The lowest BCUT2D eigenvalue weighted by atomic mass is 10.5. The van der Waals surface area contributed by atoms with Crippen LogP contribution in [0.25, 0.3) is 0 Å². The molecule has 0 saturated carbocycles. The molecule has 1 atom stereocenters. The van der Waals surface area contributed by atoms with Gasteiger partial charge in [-0.1, -0.05) is 0 Å². The normalized spacial score (nSPS) is 13.2. The maximum Gasteiger partial charge on any atom is 0.324 e. The van der Waals surface area contributed by atoms with Crippen LogP contribution in [0.3, 0.4) is 0 Å². The van der Waals surface area contributed by atoms with Gasteiger partial charge in [0.05, 0.1) is 6.61 Å². The van der Waals surface area contributed by atoms with Crippen LogP contribution in [0.15, 0.2) is 0 Å². The lowest BCUT2D eigenvalue weighted by Gasteiger charge is -1.98. The van der Waals surface area contributed by atoms with Crippen LogP contribution < -0.4 is 0 Å². The fourth-order valence-electron chi connectivity index (χ4n) is 0.218. The highest BCUT2D eigenvalue weighted by Crippen LogP contribution is 1.94. The monoisotopic (exact) mass is 138 g/mol. The molecule has 8 heavy (non-hydrogen) atoms. The van der Waals surface area contributed by atoms with Crippen LogP contribution in [0.2, 0.25) is 0 Å². The zero-order valence-electron chi connectivity index (χ0n) is 4.43. The first-order valence-electron chi connectivity index (χ1n) is 2.04. The molecule has 0 aromatic heterocycles. The molecule has 48 valence electrons. The van der Waals surface area contributed by atoms with E-state index in [4.69, 9.17) is 16.7 Å². The van der Waals surface area contributed by atoms with Crippen molar-refractivity contribution in [2.45, 2.75) is 5.38 Å². The first-order valence-corrected chi connectivity index (χ1v) is 2.48. The van der Waals surface area contributed by atoms with Crippen LogP contribution in [0.5, 0.6) is 0 Å². The van der Waals surface area contributed by atoms with E-state index < -0.39 is 11.3 Å².